The topological polar surface area (TPSA) is 63.9 Å². The van der Waals surface area contributed by atoms with Crippen LogP contribution in [0.2, 0.25) is 0 Å². The lowest BCUT2D eigenvalue weighted by Gasteiger charge is -2.30. The first-order valence-electron chi connectivity index (χ1n) is 21.0. The highest BCUT2D eigenvalue weighted by Gasteiger charge is 2.32. The molecule has 2 atom stereocenters. The van der Waals surface area contributed by atoms with Crippen LogP contribution in [0.4, 0.5) is 0 Å². The summed E-state index contributed by atoms with van der Waals surface area (Å²) < 4.78 is 12.5. The Morgan fingerprint density at radius 3 is 1.93 bits per heavy atom. The molecule has 5 nitrogen and oxygen atoms in total. The standard InChI is InChI=1S/C56H39N3O2/c1-3-43-54(40-10-8-9-34(30-40)37-19-23-48-39(29-37)20-24-49(57-48)38-18-17-35-27-33(2)15-16-36(35)28-38)58-56(42-22-26-53-47(32-42)45-12-5-7-14-51(45)61-53)59-55(43)41-21-25-52-46(31-41)44-11-4-6-13-50(44)60-52/h4-32,43,55H,3H2,1-2H3. The van der Waals surface area contributed by atoms with Crippen molar-refractivity contribution in [3.63, 3.8) is 0 Å². The summed E-state index contributed by atoms with van der Waals surface area (Å²) in [5, 5.41) is 7.91. The highest BCUT2D eigenvalue weighted by molar-refractivity contribution is 6.17. The van der Waals surface area contributed by atoms with Crippen molar-refractivity contribution in [2.45, 2.75) is 26.3 Å². The van der Waals surface area contributed by atoms with Crippen molar-refractivity contribution in [1.82, 2.24) is 4.98 Å². The van der Waals surface area contributed by atoms with E-state index in [0.29, 0.717) is 5.84 Å². The lowest BCUT2D eigenvalue weighted by atomic mass is 9.82. The number of nitrogens with zero attached hydrogens (tertiary/aromatic N) is 3. The van der Waals surface area contributed by atoms with E-state index >= 15 is 0 Å². The molecular formula is C56H39N3O2. The molecule has 0 bridgehead atoms. The maximum absolute atomic E-state index is 6.25. The maximum Gasteiger partial charge on any atom is 0.155 e. The number of fused-ring (bicyclic) bond motifs is 8. The molecule has 2 unspecified atom stereocenters. The third-order valence-corrected chi connectivity index (χ3v) is 12.5. The second-order valence-corrected chi connectivity index (χ2v) is 16.3. The van der Waals surface area contributed by atoms with Gasteiger partial charge in [-0.25, -0.2) is 9.98 Å². The molecule has 1 aliphatic rings. The van der Waals surface area contributed by atoms with E-state index in [1.807, 2.05) is 30.3 Å². The van der Waals surface area contributed by atoms with Gasteiger partial charge in [-0.2, -0.15) is 0 Å². The van der Waals surface area contributed by atoms with Gasteiger partial charge in [0.2, 0.25) is 0 Å². The van der Waals surface area contributed by atoms with Gasteiger partial charge in [-0.1, -0.05) is 116 Å². The van der Waals surface area contributed by atoms with E-state index in [9.17, 15) is 0 Å². The molecule has 0 amide bonds. The van der Waals surface area contributed by atoms with E-state index in [1.165, 1.54) is 16.3 Å². The Labute approximate surface area is 352 Å². The number of hydrogen-bond donors (Lipinski definition) is 0. The third-order valence-electron chi connectivity index (χ3n) is 12.5. The molecule has 1 aliphatic heterocycles. The maximum atomic E-state index is 6.25. The normalized spacial score (nSPS) is 15.6. The van der Waals surface area contributed by atoms with E-state index in [4.69, 9.17) is 23.8 Å². The highest BCUT2D eigenvalue weighted by atomic mass is 16.3. The van der Waals surface area contributed by atoms with Crippen molar-refractivity contribution in [2.24, 2.45) is 15.9 Å². The summed E-state index contributed by atoms with van der Waals surface area (Å²) >= 11 is 0. The number of aryl methyl sites for hydroxylation is 1. The minimum atomic E-state index is -0.168. The van der Waals surface area contributed by atoms with Crippen molar-refractivity contribution in [3.05, 3.63) is 198 Å². The van der Waals surface area contributed by atoms with Gasteiger partial charge in [0.25, 0.3) is 0 Å². The fourth-order valence-electron chi connectivity index (χ4n) is 9.38. The van der Waals surface area contributed by atoms with Crippen LogP contribution in [0.15, 0.2) is 195 Å². The Morgan fingerprint density at radius 1 is 0.475 bits per heavy atom. The average Bonchev–Trinajstić information content (AvgIpc) is 3.88. The molecule has 61 heavy (non-hydrogen) atoms. The molecule has 290 valence electrons. The Bertz CT molecular complexity index is 3630. The zero-order valence-electron chi connectivity index (χ0n) is 33.8. The minimum Gasteiger partial charge on any atom is -0.456 e. The lowest BCUT2D eigenvalue weighted by Crippen LogP contribution is -2.28. The summed E-state index contributed by atoms with van der Waals surface area (Å²) in [5.41, 5.74) is 14.3. The second kappa shape index (κ2) is 14.0. The molecule has 0 saturated carbocycles. The first kappa shape index (κ1) is 35.3. The zero-order valence-corrected chi connectivity index (χ0v) is 33.8. The third kappa shape index (κ3) is 6.04. The van der Waals surface area contributed by atoms with Crippen LogP contribution in [0.3, 0.4) is 0 Å². The summed E-state index contributed by atoms with van der Waals surface area (Å²) in [5.74, 6) is 0.750. The zero-order chi connectivity index (χ0) is 40.6. The average molecular weight is 786 g/mol. The van der Waals surface area contributed by atoms with Crippen LogP contribution in [0.1, 0.15) is 41.6 Å². The number of benzene rings is 8. The van der Waals surface area contributed by atoms with Crippen LogP contribution in [0.25, 0.3) is 87.9 Å². The Morgan fingerprint density at radius 2 is 1.11 bits per heavy atom. The van der Waals surface area contributed by atoms with E-state index in [0.717, 1.165) is 106 Å². The second-order valence-electron chi connectivity index (χ2n) is 16.3. The number of furan rings is 2. The fourth-order valence-corrected chi connectivity index (χ4v) is 9.38. The molecule has 0 radical (unpaired) electrons. The Kier molecular flexibility index (Phi) is 8.11. The van der Waals surface area contributed by atoms with E-state index in [1.54, 1.807) is 0 Å². The predicted molar refractivity (Wildman–Crippen MR) is 252 cm³/mol. The van der Waals surface area contributed by atoms with Crippen molar-refractivity contribution in [3.8, 4) is 22.4 Å². The number of aromatic nitrogens is 1. The van der Waals surface area contributed by atoms with Crippen LogP contribution in [-0.4, -0.2) is 16.5 Å². The lowest BCUT2D eigenvalue weighted by molar-refractivity contribution is 0.533. The van der Waals surface area contributed by atoms with Crippen molar-refractivity contribution in [1.29, 1.82) is 0 Å². The SMILES string of the molecule is CCC1C(c2cccc(-c3ccc4nc(-c5ccc6cc(C)ccc6c5)ccc4c3)c2)=NC(c2ccc3oc4ccccc4c3c2)=NC1c1ccc2oc3ccccc3c2c1. The molecule has 5 heteroatoms. The van der Waals surface area contributed by atoms with Gasteiger partial charge in [0, 0.05) is 44.0 Å². The fraction of sp³-hybridized carbons (Fsp3) is 0.0893. The van der Waals surface area contributed by atoms with Crippen LogP contribution >= 0.6 is 0 Å². The number of para-hydroxylation sites is 2. The Balaban J connectivity index is 0.951. The molecule has 0 spiro atoms. The van der Waals surface area contributed by atoms with Gasteiger partial charge < -0.3 is 8.83 Å². The largest absolute Gasteiger partial charge is 0.456 e. The molecule has 8 aromatic carbocycles. The predicted octanol–water partition coefficient (Wildman–Crippen LogP) is 14.8. The molecule has 0 fully saturated rings. The molecular weight excluding hydrogens is 747 g/mol. The van der Waals surface area contributed by atoms with Crippen LogP contribution in [-0.2, 0) is 0 Å². The van der Waals surface area contributed by atoms with E-state index < -0.39 is 0 Å². The van der Waals surface area contributed by atoms with Crippen molar-refractivity contribution in [2.75, 3.05) is 0 Å². The van der Waals surface area contributed by atoms with E-state index in [-0.39, 0.29) is 12.0 Å². The molecule has 0 saturated heterocycles. The highest BCUT2D eigenvalue weighted by Crippen LogP contribution is 2.40. The summed E-state index contributed by atoms with van der Waals surface area (Å²) in [6.45, 7) is 4.38. The van der Waals surface area contributed by atoms with Gasteiger partial charge in [0.1, 0.15) is 22.3 Å². The van der Waals surface area contributed by atoms with Gasteiger partial charge in [-0.15, -0.1) is 0 Å². The van der Waals surface area contributed by atoms with Crippen LogP contribution < -0.4 is 0 Å². The van der Waals surface area contributed by atoms with Gasteiger partial charge in [0.15, 0.2) is 5.84 Å². The summed E-state index contributed by atoms with van der Waals surface area (Å²) in [7, 11) is 0. The Hall–Kier alpha value is -7.63. The first-order chi connectivity index (χ1) is 30.0. The minimum absolute atomic E-state index is 0.0338. The quantitative estimate of drug-likeness (QED) is 0.169. The monoisotopic (exact) mass is 785 g/mol. The number of amidine groups is 1. The van der Waals surface area contributed by atoms with Gasteiger partial charge in [0.05, 0.1) is 23.0 Å². The van der Waals surface area contributed by atoms with Gasteiger partial charge in [-0.3, -0.25) is 4.99 Å². The molecule has 0 aliphatic carbocycles. The molecule has 11 aromatic rings. The number of pyridine rings is 1. The first-order valence-corrected chi connectivity index (χ1v) is 21.0. The molecule has 12 rings (SSSR count). The number of rotatable bonds is 6. The summed E-state index contributed by atoms with van der Waals surface area (Å²) in [4.78, 5) is 16.1. The summed E-state index contributed by atoms with van der Waals surface area (Å²) in [6.07, 6.45) is 0.862. The van der Waals surface area contributed by atoms with Crippen molar-refractivity contribution < 1.29 is 8.83 Å². The van der Waals surface area contributed by atoms with Crippen LogP contribution in [0.5, 0.6) is 0 Å². The van der Waals surface area contributed by atoms with Gasteiger partial charge in [-0.05, 0) is 119 Å². The van der Waals surface area contributed by atoms with Crippen molar-refractivity contribution >= 4 is 77.1 Å². The van der Waals surface area contributed by atoms with E-state index in [2.05, 4.69) is 159 Å². The van der Waals surface area contributed by atoms with Crippen LogP contribution in [0, 0.1) is 12.8 Å². The number of hydrogen-bond acceptors (Lipinski definition) is 5. The molecule has 3 aromatic heterocycles. The molecule has 0 N–H and O–H groups in total. The number of aliphatic imine (C=N–C) groups is 2. The van der Waals surface area contributed by atoms with Gasteiger partial charge >= 0.3 is 0 Å². The summed E-state index contributed by atoms with van der Waals surface area (Å²) in [6, 6.07) is 62.1. The molecule has 4 heterocycles. The smallest absolute Gasteiger partial charge is 0.155 e.